The Kier molecular flexibility index (Phi) is 5.74. The molecule has 6 aromatic rings. The van der Waals surface area contributed by atoms with Gasteiger partial charge in [0, 0.05) is 10.8 Å². The van der Waals surface area contributed by atoms with Gasteiger partial charge in [-0.15, -0.1) is 0 Å². The number of hydrogen-bond acceptors (Lipinski definition) is 0. The molecule has 0 aliphatic heterocycles. The Hall–Kier alpha value is -4.68. The fourth-order valence-electron chi connectivity index (χ4n) is 9.77. The zero-order valence-electron chi connectivity index (χ0n) is 28.9. The summed E-state index contributed by atoms with van der Waals surface area (Å²) in [4.78, 5) is 0. The van der Waals surface area contributed by atoms with E-state index < -0.39 is 0 Å². The van der Waals surface area contributed by atoms with Crippen LogP contribution >= 0.6 is 0 Å². The summed E-state index contributed by atoms with van der Waals surface area (Å²) in [5.74, 6) is 0. The first kappa shape index (κ1) is 28.5. The van der Waals surface area contributed by atoms with Gasteiger partial charge in [-0.25, -0.2) is 0 Å². The van der Waals surface area contributed by atoms with Crippen LogP contribution in [0.25, 0.3) is 55.6 Å². The van der Waals surface area contributed by atoms with Crippen molar-refractivity contribution in [2.24, 2.45) is 0 Å². The molecule has 0 radical (unpaired) electrons. The number of rotatable bonds is 2. The highest BCUT2D eigenvalue weighted by Gasteiger charge is 2.37. The first-order valence-electron chi connectivity index (χ1n) is 17.2. The van der Waals surface area contributed by atoms with Crippen LogP contribution in [0.4, 0.5) is 0 Å². The average molecular weight is 607 g/mol. The van der Waals surface area contributed by atoms with Gasteiger partial charge >= 0.3 is 0 Å². The molecule has 47 heavy (non-hydrogen) atoms. The van der Waals surface area contributed by atoms with Crippen LogP contribution in [-0.4, -0.2) is 0 Å². The van der Waals surface area contributed by atoms with Crippen molar-refractivity contribution >= 4 is 0 Å². The fraction of sp³-hybridized carbons (Fsp3) is 0.234. The molecule has 0 spiro atoms. The summed E-state index contributed by atoms with van der Waals surface area (Å²) in [5.41, 5.74) is 28.2. The summed E-state index contributed by atoms with van der Waals surface area (Å²) in [5, 5.41) is 0. The molecule has 0 saturated heterocycles. The van der Waals surface area contributed by atoms with Crippen LogP contribution in [0.15, 0.2) is 97.1 Å². The van der Waals surface area contributed by atoms with Gasteiger partial charge in [-0.2, -0.15) is 0 Å². The van der Waals surface area contributed by atoms with Crippen molar-refractivity contribution in [2.75, 3.05) is 0 Å². The van der Waals surface area contributed by atoms with Gasteiger partial charge in [0.2, 0.25) is 0 Å². The van der Waals surface area contributed by atoms with Crippen LogP contribution in [0.1, 0.15) is 83.3 Å². The lowest BCUT2D eigenvalue weighted by Gasteiger charge is -2.23. The van der Waals surface area contributed by atoms with Crippen molar-refractivity contribution in [2.45, 2.75) is 72.6 Å². The summed E-state index contributed by atoms with van der Waals surface area (Å²) in [6.45, 7) is 18.9. The molecule has 0 heterocycles. The van der Waals surface area contributed by atoms with Crippen LogP contribution in [0.2, 0.25) is 0 Å². The van der Waals surface area contributed by atoms with Crippen molar-refractivity contribution in [3.8, 4) is 55.6 Å². The van der Waals surface area contributed by atoms with E-state index in [0.717, 1.165) is 6.42 Å². The van der Waals surface area contributed by atoms with Gasteiger partial charge in [0.1, 0.15) is 0 Å². The maximum atomic E-state index is 2.49. The molecule has 0 bridgehead atoms. The number of hydrogen-bond donors (Lipinski definition) is 0. The number of fused-ring (bicyclic) bond motifs is 9. The Morgan fingerprint density at radius 2 is 0.787 bits per heavy atom. The second kappa shape index (κ2) is 9.45. The van der Waals surface area contributed by atoms with Gasteiger partial charge in [0.15, 0.2) is 0 Å². The second-order valence-electron chi connectivity index (χ2n) is 15.5. The molecular formula is C47H42. The molecule has 0 nitrogen and oxygen atoms in total. The molecule has 0 N–H and O–H groups in total. The van der Waals surface area contributed by atoms with Crippen molar-refractivity contribution in [3.05, 3.63) is 153 Å². The molecule has 3 aliphatic carbocycles. The lowest BCUT2D eigenvalue weighted by Crippen LogP contribution is -2.15. The third kappa shape index (κ3) is 3.70. The number of aryl methyl sites for hydroxylation is 2. The van der Waals surface area contributed by atoms with Crippen molar-refractivity contribution in [1.29, 1.82) is 0 Å². The molecule has 0 aromatic heterocycles. The van der Waals surface area contributed by atoms with E-state index in [4.69, 9.17) is 0 Å². The summed E-state index contributed by atoms with van der Waals surface area (Å²) in [7, 11) is 0. The third-order valence-corrected chi connectivity index (χ3v) is 12.2. The Balaban J connectivity index is 1.14. The van der Waals surface area contributed by atoms with Crippen molar-refractivity contribution in [1.82, 2.24) is 0 Å². The third-order valence-electron chi connectivity index (χ3n) is 12.2. The molecule has 3 aliphatic rings. The van der Waals surface area contributed by atoms with Crippen LogP contribution in [0.5, 0.6) is 0 Å². The highest BCUT2D eigenvalue weighted by atomic mass is 14.4. The zero-order chi connectivity index (χ0) is 32.6. The lowest BCUT2D eigenvalue weighted by atomic mass is 9.80. The molecule has 6 aromatic carbocycles. The van der Waals surface area contributed by atoms with Crippen LogP contribution in [-0.2, 0) is 17.3 Å². The SMILES string of the molecule is Cc1cc2c(c(C)c1-c1ccc3c(c1)C(C)(C)c1ccccc1-3)Cc1c-2cc(C)c(-c2ccc3c(c2)C(C)(C)c2ccccc2-3)c1C. The molecule has 0 heteroatoms. The second-order valence-corrected chi connectivity index (χ2v) is 15.5. The Morgan fingerprint density at radius 1 is 0.404 bits per heavy atom. The Morgan fingerprint density at radius 3 is 1.21 bits per heavy atom. The van der Waals surface area contributed by atoms with Gasteiger partial charge in [-0.1, -0.05) is 113 Å². The van der Waals surface area contributed by atoms with Gasteiger partial charge in [0.25, 0.3) is 0 Å². The minimum atomic E-state index is -0.00267. The smallest absolute Gasteiger partial charge is 0.0159 e. The minimum Gasteiger partial charge on any atom is -0.0619 e. The predicted molar refractivity (Wildman–Crippen MR) is 200 cm³/mol. The van der Waals surface area contributed by atoms with E-state index in [1.807, 2.05) is 0 Å². The van der Waals surface area contributed by atoms with E-state index in [1.165, 1.54) is 111 Å². The monoisotopic (exact) mass is 606 g/mol. The van der Waals surface area contributed by atoms with Crippen molar-refractivity contribution in [3.63, 3.8) is 0 Å². The maximum Gasteiger partial charge on any atom is 0.0159 e. The van der Waals surface area contributed by atoms with Gasteiger partial charge in [-0.3, -0.25) is 0 Å². The first-order chi connectivity index (χ1) is 22.5. The van der Waals surface area contributed by atoms with Crippen LogP contribution < -0.4 is 0 Å². The van der Waals surface area contributed by atoms with Crippen molar-refractivity contribution < 1.29 is 0 Å². The molecule has 0 atom stereocenters. The zero-order valence-corrected chi connectivity index (χ0v) is 28.9. The van der Waals surface area contributed by atoms with Gasteiger partial charge in [-0.05, 0) is 158 Å². The summed E-state index contributed by atoms with van der Waals surface area (Å²) >= 11 is 0. The quantitative estimate of drug-likeness (QED) is 0.184. The van der Waals surface area contributed by atoms with Crippen LogP contribution in [0.3, 0.4) is 0 Å². The van der Waals surface area contributed by atoms with E-state index in [9.17, 15) is 0 Å². The predicted octanol–water partition coefficient (Wildman–Crippen LogP) is 12.4. The molecule has 0 saturated carbocycles. The Labute approximate surface area is 280 Å². The molecule has 0 fully saturated rings. The van der Waals surface area contributed by atoms with E-state index in [1.54, 1.807) is 0 Å². The summed E-state index contributed by atoms with van der Waals surface area (Å²) in [6, 6.07) is 37.3. The number of benzene rings is 6. The highest BCUT2D eigenvalue weighted by Crippen LogP contribution is 2.53. The summed E-state index contributed by atoms with van der Waals surface area (Å²) in [6.07, 6.45) is 0.993. The molecule has 230 valence electrons. The minimum absolute atomic E-state index is 0.00267. The topological polar surface area (TPSA) is 0 Å². The fourth-order valence-corrected chi connectivity index (χ4v) is 9.77. The van der Waals surface area contributed by atoms with E-state index >= 15 is 0 Å². The molecule has 0 amide bonds. The summed E-state index contributed by atoms with van der Waals surface area (Å²) < 4.78 is 0. The Bertz CT molecular complexity index is 2190. The van der Waals surface area contributed by atoms with E-state index in [2.05, 4.69) is 152 Å². The van der Waals surface area contributed by atoms with Gasteiger partial charge < -0.3 is 0 Å². The normalized spacial score (nSPS) is 15.5. The lowest BCUT2D eigenvalue weighted by molar-refractivity contribution is 0.660. The van der Waals surface area contributed by atoms with E-state index in [-0.39, 0.29) is 10.8 Å². The van der Waals surface area contributed by atoms with Gasteiger partial charge in [0.05, 0.1) is 0 Å². The largest absolute Gasteiger partial charge is 0.0619 e. The molecule has 9 rings (SSSR count). The van der Waals surface area contributed by atoms with Crippen LogP contribution in [0, 0.1) is 27.7 Å². The first-order valence-corrected chi connectivity index (χ1v) is 17.2. The maximum absolute atomic E-state index is 2.49. The average Bonchev–Trinajstić information content (AvgIpc) is 3.61. The molecular weight excluding hydrogens is 565 g/mol. The molecule has 0 unspecified atom stereocenters. The standard InChI is InChI=1S/C47H42/c1-26-21-38-36(28(3)44(26)30-17-19-34-32-13-9-11-15-40(32)46(5,6)42(34)23-30)25-37-29(4)45(27(2)22-39(37)38)31-18-20-35-33-14-10-12-16-41(33)47(7,8)43(35)24-31/h9-24H,25H2,1-8H3. The highest BCUT2D eigenvalue weighted by molar-refractivity contribution is 5.91. The van der Waals surface area contributed by atoms with E-state index in [0.29, 0.717) is 0 Å².